The lowest BCUT2D eigenvalue weighted by Gasteiger charge is -2.36. The van der Waals surface area contributed by atoms with Gasteiger partial charge in [0, 0.05) is 50.7 Å². The van der Waals surface area contributed by atoms with Crippen molar-refractivity contribution in [3.05, 3.63) is 0 Å². The van der Waals surface area contributed by atoms with Crippen LogP contribution in [0.5, 0.6) is 0 Å². The third-order valence-corrected chi connectivity index (χ3v) is 7.86. The lowest BCUT2D eigenvalue weighted by atomic mass is 9.82. The van der Waals surface area contributed by atoms with Crippen LogP contribution in [0.2, 0.25) is 0 Å². The number of amides is 2. The molecule has 0 radical (unpaired) electrons. The molecule has 0 N–H and O–H groups in total. The maximum atomic E-state index is 12.8. The summed E-state index contributed by atoms with van der Waals surface area (Å²) in [6.07, 6.45) is 10.1. The van der Waals surface area contributed by atoms with Crippen LogP contribution in [0.3, 0.4) is 0 Å². The molecule has 1 aliphatic carbocycles. The van der Waals surface area contributed by atoms with E-state index in [1.807, 2.05) is 25.7 Å². The largest absolute Gasteiger partial charge is 0.381 e. The SMILES string of the molecule is CC1CCC(C(=O)N2CCC(CCOCC3CCN(C(=O)C(C)(C)C)CC3)CC2)CC1. The van der Waals surface area contributed by atoms with Gasteiger partial charge >= 0.3 is 0 Å². The Morgan fingerprint density at radius 3 is 1.94 bits per heavy atom. The van der Waals surface area contributed by atoms with Crippen LogP contribution in [0, 0.1) is 29.1 Å². The van der Waals surface area contributed by atoms with Gasteiger partial charge in [-0.15, -0.1) is 0 Å². The van der Waals surface area contributed by atoms with E-state index in [0.29, 0.717) is 23.7 Å². The molecule has 0 aromatic carbocycles. The van der Waals surface area contributed by atoms with E-state index < -0.39 is 0 Å². The third kappa shape index (κ3) is 7.20. The molecule has 3 rings (SSSR count). The number of ether oxygens (including phenoxy) is 1. The van der Waals surface area contributed by atoms with Crippen molar-refractivity contribution < 1.29 is 14.3 Å². The molecule has 2 aliphatic heterocycles. The van der Waals surface area contributed by atoms with Gasteiger partial charge in [-0.1, -0.05) is 27.7 Å². The predicted octanol–water partition coefficient (Wildman–Crippen LogP) is 4.74. The average Bonchev–Trinajstić information content (AvgIpc) is 2.76. The van der Waals surface area contributed by atoms with E-state index in [1.54, 1.807) is 0 Å². The second kappa shape index (κ2) is 11.2. The summed E-state index contributed by atoms with van der Waals surface area (Å²) in [6.45, 7) is 13.6. The summed E-state index contributed by atoms with van der Waals surface area (Å²) in [5.74, 6) is 3.07. The van der Waals surface area contributed by atoms with Crippen molar-refractivity contribution in [1.29, 1.82) is 0 Å². The first-order valence-electron chi connectivity index (χ1n) is 12.9. The molecule has 3 fully saturated rings. The van der Waals surface area contributed by atoms with Crippen molar-refractivity contribution in [2.24, 2.45) is 29.1 Å². The monoisotopic (exact) mass is 434 g/mol. The molecule has 1 saturated carbocycles. The van der Waals surface area contributed by atoms with Crippen molar-refractivity contribution >= 4 is 11.8 Å². The van der Waals surface area contributed by atoms with E-state index in [2.05, 4.69) is 11.8 Å². The van der Waals surface area contributed by atoms with Crippen molar-refractivity contribution in [3.63, 3.8) is 0 Å². The lowest BCUT2D eigenvalue weighted by Crippen LogP contribution is -2.44. The van der Waals surface area contributed by atoms with Gasteiger partial charge in [-0.3, -0.25) is 9.59 Å². The van der Waals surface area contributed by atoms with Crippen LogP contribution in [0.4, 0.5) is 0 Å². The van der Waals surface area contributed by atoms with E-state index in [-0.39, 0.29) is 11.3 Å². The molecule has 0 unspecified atom stereocenters. The average molecular weight is 435 g/mol. The minimum Gasteiger partial charge on any atom is -0.381 e. The number of carbonyl (C=O) groups excluding carboxylic acids is 2. The minimum absolute atomic E-state index is 0.273. The van der Waals surface area contributed by atoms with Gasteiger partial charge in [-0.25, -0.2) is 0 Å². The number of piperidine rings is 2. The van der Waals surface area contributed by atoms with Crippen LogP contribution in [0.25, 0.3) is 0 Å². The highest BCUT2D eigenvalue weighted by Gasteiger charge is 2.31. The predicted molar refractivity (Wildman–Crippen MR) is 125 cm³/mol. The summed E-state index contributed by atoms with van der Waals surface area (Å²) in [7, 11) is 0. The minimum atomic E-state index is -0.279. The van der Waals surface area contributed by atoms with Crippen LogP contribution >= 0.6 is 0 Å². The Morgan fingerprint density at radius 1 is 0.806 bits per heavy atom. The first-order valence-corrected chi connectivity index (χ1v) is 12.9. The Kier molecular flexibility index (Phi) is 8.83. The van der Waals surface area contributed by atoms with Gasteiger partial charge in [-0.2, -0.15) is 0 Å². The van der Waals surface area contributed by atoms with E-state index in [9.17, 15) is 9.59 Å². The summed E-state index contributed by atoms with van der Waals surface area (Å²) in [6, 6.07) is 0. The van der Waals surface area contributed by atoms with E-state index in [0.717, 1.165) is 90.3 Å². The van der Waals surface area contributed by atoms with Gasteiger partial charge in [0.1, 0.15) is 0 Å². The van der Waals surface area contributed by atoms with Crippen molar-refractivity contribution in [1.82, 2.24) is 9.80 Å². The number of nitrogens with zero attached hydrogens (tertiary/aromatic N) is 2. The first-order chi connectivity index (χ1) is 14.7. The zero-order valence-electron chi connectivity index (χ0n) is 20.5. The van der Waals surface area contributed by atoms with Gasteiger partial charge in [-0.05, 0) is 75.5 Å². The maximum absolute atomic E-state index is 12.8. The smallest absolute Gasteiger partial charge is 0.227 e. The molecule has 2 amide bonds. The molecule has 3 aliphatic rings. The molecular formula is C26H46N2O3. The van der Waals surface area contributed by atoms with Gasteiger partial charge in [0.2, 0.25) is 11.8 Å². The Hall–Kier alpha value is -1.10. The summed E-state index contributed by atoms with van der Waals surface area (Å²) in [5, 5.41) is 0. The van der Waals surface area contributed by atoms with E-state index in [1.165, 1.54) is 12.8 Å². The Morgan fingerprint density at radius 2 is 1.35 bits per heavy atom. The zero-order valence-corrected chi connectivity index (χ0v) is 20.5. The van der Waals surface area contributed by atoms with E-state index >= 15 is 0 Å². The fourth-order valence-electron chi connectivity index (χ4n) is 5.48. The molecule has 0 aromatic rings. The van der Waals surface area contributed by atoms with Crippen LogP contribution in [-0.4, -0.2) is 61.0 Å². The van der Waals surface area contributed by atoms with Crippen LogP contribution in [0.1, 0.15) is 85.5 Å². The van der Waals surface area contributed by atoms with Gasteiger partial charge in [0.15, 0.2) is 0 Å². The van der Waals surface area contributed by atoms with E-state index in [4.69, 9.17) is 4.74 Å². The Labute approximate surface area is 190 Å². The molecule has 178 valence electrons. The fraction of sp³-hybridized carbons (Fsp3) is 0.923. The van der Waals surface area contributed by atoms with Crippen LogP contribution in [0.15, 0.2) is 0 Å². The van der Waals surface area contributed by atoms with Gasteiger partial charge < -0.3 is 14.5 Å². The van der Waals surface area contributed by atoms with Crippen molar-refractivity contribution in [2.75, 3.05) is 39.4 Å². The molecule has 0 spiro atoms. The number of likely N-dealkylation sites (tertiary alicyclic amines) is 2. The van der Waals surface area contributed by atoms with Crippen molar-refractivity contribution in [2.45, 2.75) is 85.5 Å². The normalized spacial score (nSPS) is 26.8. The highest BCUT2D eigenvalue weighted by atomic mass is 16.5. The highest BCUT2D eigenvalue weighted by molar-refractivity contribution is 5.81. The van der Waals surface area contributed by atoms with Crippen molar-refractivity contribution in [3.8, 4) is 0 Å². The molecule has 5 nitrogen and oxygen atoms in total. The number of hydrogen-bond donors (Lipinski definition) is 0. The third-order valence-electron chi connectivity index (χ3n) is 7.86. The second-order valence-corrected chi connectivity index (χ2v) is 11.6. The zero-order chi connectivity index (χ0) is 22.4. The topological polar surface area (TPSA) is 49.9 Å². The van der Waals surface area contributed by atoms with Gasteiger partial charge in [0.25, 0.3) is 0 Å². The summed E-state index contributed by atoms with van der Waals surface area (Å²) in [5.41, 5.74) is -0.279. The molecule has 0 aromatic heterocycles. The summed E-state index contributed by atoms with van der Waals surface area (Å²) < 4.78 is 6.03. The molecule has 5 heteroatoms. The number of hydrogen-bond acceptors (Lipinski definition) is 3. The van der Waals surface area contributed by atoms with Crippen LogP contribution < -0.4 is 0 Å². The quantitative estimate of drug-likeness (QED) is 0.567. The summed E-state index contributed by atoms with van der Waals surface area (Å²) in [4.78, 5) is 29.4. The fourth-order valence-corrected chi connectivity index (χ4v) is 5.48. The maximum Gasteiger partial charge on any atom is 0.227 e. The second-order valence-electron chi connectivity index (χ2n) is 11.6. The van der Waals surface area contributed by atoms with Crippen LogP contribution in [-0.2, 0) is 14.3 Å². The lowest BCUT2D eigenvalue weighted by molar-refractivity contribution is -0.141. The molecule has 0 atom stereocenters. The Balaban J connectivity index is 1.25. The number of carbonyl (C=O) groups is 2. The molecule has 0 bridgehead atoms. The number of rotatable bonds is 6. The first kappa shape index (κ1) is 24.5. The molecule has 31 heavy (non-hydrogen) atoms. The summed E-state index contributed by atoms with van der Waals surface area (Å²) >= 11 is 0. The standard InChI is InChI=1S/C26H46N2O3/c1-20-5-7-23(8-6-20)24(29)27-14-9-21(10-15-27)13-18-31-19-22-11-16-28(17-12-22)25(30)26(2,3)4/h20-23H,5-19H2,1-4H3. The van der Waals surface area contributed by atoms with Gasteiger partial charge in [0.05, 0.1) is 0 Å². The highest BCUT2D eigenvalue weighted by Crippen LogP contribution is 2.31. The molecular weight excluding hydrogens is 388 g/mol. The Bertz CT molecular complexity index is 576. The molecule has 2 saturated heterocycles. The molecule has 2 heterocycles.